The Morgan fingerprint density at radius 1 is 0.974 bits per heavy atom. The Kier molecular flexibility index (Phi) is 5.48. The van der Waals surface area contributed by atoms with E-state index in [1.54, 1.807) is 17.0 Å². The van der Waals surface area contributed by atoms with E-state index in [0.717, 1.165) is 17.7 Å². The highest BCUT2D eigenvalue weighted by atomic mass is 19.4. The van der Waals surface area contributed by atoms with Crippen molar-refractivity contribution >= 4 is 17.5 Å². The number of fused-ring (bicyclic) bond motifs is 5. The quantitative estimate of drug-likeness (QED) is 0.392. The van der Waals surface area contributed by atoms with E-state index in [9.17, 15) is 27.2 Å². The molecule has 1 N–H and O–H groups in total. The molecule has 1 unspecified atom stereocenters. The number of benzene rings is 3. The van der Waals surface area contributed by atoms with Gasteiger partial charge in [-0.3, -0.25) is 9.59 Å². The summed E-state index contributed by atoms with van der Waals surface area (Å²) < 4.78 is 70.1. The third kappa shape index (κ3) is 3.64. The molecular weight excluding hydrogens is 508 g/mol. The van der Waals surface area contributed by atoms with Crippen LogP contribution in [0.1, 0.15) is 33.5 Å². The maximum Gasteiger partial charge on any atom is 0.417 e. The van der Waals surface area contributed by atoms with Gasteiger partial charge in [-0.1, -0.05) is 18.2 Å². The molecule has 3 aliphatic rings. The molecule has 3 heterocycles. The number of halogens is 4. The molecule has 7 nitrogen and oxygen atoms in total. The summed E-state index contributed by atoms with van der Waals surface area (Å²) in [5.41, 5.74) is -0.957. The predicted molar refractivity (Wildman–Crippen MR) is 126 cm³/mol. The smallest absolute Gasteiger partial charge is 0.417 e. The van der Waals surface area contributed by atoms with E-state index < -0.39 is 34.4 Å². The van der Waals surface area contributed by atoms with E-state index >= 15 is 0 Å². The van der Waals surface area contributed by atoms with Crippen LogP contribution in [0, 0.1) is 5.82 Å². The number of carbonyl (C=O) groups excluding carboxylic acids is 2. The Morgan fingerprint density at radius 3 is 2.53 bits per heavy atom. The Morgan fingerprint density at radius 2 is 1.74 bits per heavy atom. The fraction of sp³-hybridized carbons (Fsp3) is 0.259. The summed E-state index contributed by atoms with van der Waals surface area (Å²) in [6.07, 6.45) is -4.62. The number of hydrogen-bond donors (Lipinski definition) is 1. The van der Waals surface area contributed by atoms with Crippen LogP contribution in [-0.2, 0) is 16.4 Å². The molecule has 1 spiro atoms. The first kappa shape index (κ1) is 24.1. The molecule has 6 rings (SSSR count). The lowest BCUT2D eigenvalue weighted by atomic mass is 9.77. The number of rotatable bonds is 5. The lowest BCUT2D eigenvalue weighted by Crippen LogP contribution is -2.43. The van der Waals surface area contributed by atoms with E-state index in [-0.39, 0.29) is 38.8 Å². The number of carbonyl (C=O) groups is 2. The third-order valence-electron chi connectivity index (χ3n) is 7.02. The van der Waals surface area contributed by atoms with Gasteiger partial charge in [0, 0.05) is 30.4 Å². The Bertz CT molecular complexity index is 1470. The fourth-order valence-corrected chi connectivity index (χ4v) is 5.27. The zero-order chi connectivity index (χ0) is 26.7. The average Bonchev–Trinajstić information content (AvgIpc) is 3.56. The number of nitrogens with one attached hydrogen (secondary N) is 1. The van der Waals surface area contributed by atoms with Gasteiger partial charge in [0.2, 0.25) is 12.7 Å². The second-order valence-corrected chi connectivity index (χ2v) is 9.17. The van der Waals surface area contributed by atoms with Crippen molar-refractivity contribution in [2.45, 2.75) is 18.0 Å². The number of hydrogen-bond acceptors (Lipinski definition) is 5. The molecule has 1 atom stereocenters. The van der Waals surface area contributed by atoms with E-state index in [0.29, 0.717) is 34.6 Å². The minimum absolute atomic E-state index is 0.00176. The van der Waals surface area contributed by atoms with Crippen molar-refractivity contribution < 1.29 is 41.4 Å². The lowest BCUT2D eigenvalue weighted by molar-refractivity contribution is -0.138. The molecular formula is C27H20F4N2O5. The summed E-state index contributed by atoms with van der Waals surface area (Å²) in [5.74, 6) is -0.667. The molecule has 3 aliphatic heterocycles. The van der Waals surface area contributed by atoms with Gasteiger partial charge < -0.3 is 24.4 Å². The number of para-hydroxylation sites is 1. The predicted octanol–water partition coefficient (Wildman–Crippen LogP) is 4.42. The van der Waals surface area contributed by atoms with Gasteiger partial charge in [-0.05, 0) is 42.3 Å². The van der Waals surface area contributed by atoms with Gasteiger partial charge in [0.25, 0.3) is 5.91 Å². The molecule has 0 bridgehead atoms. The summed E-state index contributed by atoms with van der Waals surface area (Å²) >= 11 is 0. The molecule has 0 saturated heterocycles. The summed E-state index contributed by atoms with van der Waals surface area (Å²) in [5, 5.41) is 2.44. The van der Waals surface area contributed by atoms with Gasteiger partial charge in [-0.25, -0.2) is 4.39 Å². The SMILES string of the molecule is O=C(NCCCN1C(=O)C2(COc3cc4c(cc32)OCO4)c2ccccc21)c1ccc(F)cc1C(F)(F)F. The van der Waals surface area contributed by atoms with Gasteiger partial charge in [0.15, 0.2) is 11.5 Å². The van der Waals surface area contributed by atoms with Crippen LogP contribution >= 0.6 is 0 Å². The molecule has 0 aliphatic carbocycles. The van der Waals surface area contributed by atoms with Crippen molar-refractivity contribution in [1.29, 1.82) is 0 Å². The topological polar surface area (TPSA) is 77.1 Å². The standard InChI is InChI=1S/C27H20F4N2O5/c28-15-6-7-16(18(10-15)27(29,30)31)24(34)32-8-3-9-33-20-5-2-1-4-17(20)26(25(33)35)13-36-21-12-23-22(11-19(21)26)37-14-38-23/h1-2,4-7,10-12H,3,8-9,13-14H2,(H,32,34). The van der Waals surface area contributed by atoms with Crippen molar-refractivity contribution in [2.24, 2.45) is 0 Å². The molecule has 38 heavy (non-hydrogen) atoms. The molecule has 0 saturated carbocycles. The maximum atomic E-state index is 13.9. The first-order valence-electron chi connectivity index (χ1n) is 11.8. The van der Waals surface area contributed by atoms with Crippen molar-refractivity contribution in [2.75, 3.05) is 31.4 Å². The van der Waals surface area contributed by atoms with Gasteiger partial charge in [0.05, 0.1) is 11.1 Å². The first-order chi connectivity index (χ1) is 18.2. The van der Waals surface area contributed by atoms with E-state index in [4.69, 9.17) is 14.2 Å². The van der Waals surface area contributed by atoms with E-state index in [1.165, 1.54) is 0 Å². The zero-order valence-corrected chi connectivity index (χ0v) is 19.7. The van der Waals surface area contributed by atoms with Crippen LogP contribution in [-0.4, -0.2) is 38.3 Å². The first-order valence-corrected chi connectivity index (χ1v) is 11.8. The van der Waals surface area contributed by atoms with Crippen molar-refractivity contribution in [3.8, 4) is 17.2 Å². The highest BCUT2D eigenvalue weighted by Gasteiger charge is 2.57. The van der Waals surface area contributed by atoms with Crippen LogP contribution in [0.3, 0.4) is 0 Å². The van der Waals surface area contributed by atoms with Crippen molar-refractivity contribution in [3.05, 3.63) is 82.7 Å². The van der Waals surface area contributed by atoms with Crippen LogP contribution in [0.25, 0.3) is 0 Å². The number of ether oxygens (including phenoxy) is 3. The summed E-state index contributed by atoms with van der Waals surface area (Å²) in [6.45, 7) is 0.376. The van der Waals surface area contributed by atoms with Crippen LogP contribution in [0.4, 0.5) is 23.2 Å². The summed E-state index contributed by atoms with van der Waals surface area (Å²) in [7, 11) is 0. The maximum absolute atomic E-state index is 13.9. The Balaban J connectivity index is 1.20. The van der Waals surface area contributed by atoms with Crippen LogP contribution in [0.5, 0.6) is 17.2 Å². The number of alkyl halides is 3. The second kappa shape index (κ2) is 8.64. The van der Waals surface area contributed by atoms with Crippen molar-refractivity contribution in [3.63, 3.8) is 0 Å². The molecule has 0 radical (unpaired) electrons. The van der Waals surface area contributed by atoms with Gasteiger partial charge in [-0.15, -0.1) is 0 Å². The molecule has 3 aromatic rings. The zero-order valence-electron chi connectivity index (χ0n) is 19.7. The van der Waals surface area contributed by atoms with E-state index in [2.05, 4.69) is 5.32 Å². The lowest BCUT2D eigenvalue weighted by Gasteiger charge is -2.23. The number of anilines is 1. The molecule has 196 valence electrons. The Hall–Kier alpha value is -4.28. The minimum Gasteiger partial charge on any atom is -0.491 e. The molecule has 3 aromatic carbocycles. The molecule has 0 fully saturated rings. The van der Waals surface area contributed by atoms with Gasteiger partial charge in [-0.2, -0.15) is 13.2 Å². The number of amides is 2. The molecule has 2 amide bonds. The number of nitrogens with zero attached hydrogens (tertiary/aromatic N) is 1. The highest BCUT2D eigenvalue weighted by Crippen LogP contribution is 2.55. The second-order valence-electron chi connectivity index (χ2n) is 9.17. The van der Waals surface area contributed by atoms with Gasteiger partial charge >= 0.3 is 6.18 Å². The Labute approximate surface area is 213 Å². The monoisotopic (exact) mass is 528 g/mol. The molecule has 0 aromatic heterocycles. The van der Waals surface area contributed by atoms with Crippen molar-refractivity contribution in [1.82, 2.24) is 5.32 Å². The molecule has 11 heteroatoms. The normalized spacial score (nSPS) is 18.9. The minimum atomic E-state index is -4.88. The summed E-state index contributed by atoms with van der Waals surface area (Å²) in [6, 6.07) is 12.7. The summed E-state index contributed by atoms with van der Waals surface area (Å²) in [4.78, 5) is 28.0. The third-order valence-corrected chi connectivity index (χ3v) is 7.02. The highest BCUT2D eigenvalue weighted by molar-refractivity contribution is 6.11. The van der Waals surface area contributed by atoms with Crippen LogP contribution in [0.2, 0.25) is 0 Å². The van der Waals surface area contributed by atoms with Crippen LogP contribution in [0.15, 0.2) is 54.6 Å². The van der Waals surface area contributed by atoms with Crippen LogP contribution < -0.4 is 24.4 Å². The average molecular weight is 528 g/mol. The van der Waals surface area contributed by atoms with E-state index in [1.807, 2.05) is 24.3 Å². The van der Waals surface area contributed by atoms with Gasteiger partial charge in [0.1, 0.15) is 23.6 Å². The largest absolute Gasteiger partial charge is 0.491 e. The fourth-order valence-electron chi connectivity index (χ4n) is 5.27.